The lowest BCUT2D eigenvalue weighted by Crippen LogP contribution is -2.20. The van der Waals surface area contributed by atoms with Gasteiger partial charge in [-0.2, -0.15) is 0 Å². The fraction of sp³-hybridized carbons (Fsp3) is 0.636. The topological polar surface area (TPSA) is 48.3 Å². The van der Waals surface area contributed by atoms with E-state index < -0.39 is 0 Å². The number of aromatic nitrogens is 1. The molecule has 0 amide bonds. The summed E-state index contributed by atoms with van der Waals surface area (Å²) in [6.45, 7) is 5.71. The first-order chi connectivity index (χ1) is 18.6. The quantitative estimate of drug-likeness (QED) is 0.105. The summed E-state index contributed by atoms with van der Waals surface area (Å²) in [6.07, 6.45) is 18.3. The van der Waals surface area contributed by atoms with Crippen molar-refractivity contribution in [3.05, 3.63) is 57.3 Å². The highest BCUT2D eigenvalue weighted by Gasteiger charge is 2.32. The highest BCUT2D eigenvalue weighted by molar-refractivity contribution is 9.10. The largest absolute Gasteiger partial charge is 0.465 e. The van der Waals surface area contributed by atoms with Crippen LogP contribution in [0.4, 0.5) is 0 Å². The van der Waals surface area contributed by atoms with Gasteiger partial charge in [-0.15, -0.1) is 0 Å². The van der Waals surface area contributed by atoms with Crippen LogP contribution in [-0.4, -0.2) is 22.9 Å². The zero-order valence-electron chi connectivity index (χ0n) is 23.7. The van der Waals surface area contributed by atoms with Crippen molar-refractivity contribution in [2.75, 3.05) is 6.61 Å². The number of carbonyl (C=O) groups is 2. The Hall–Kier alpha value is -1.88. The summed E-state index contributed by atoms with van der Waals surface area (Å²) in [5.41, 5.74) is 3.51. The van der Waals surface area contributed by atoms with Crippen LogP contribution in [0, 0.1) is 0 Å². The van der Waals surface area contributed by atoms with E-state index in [4.69, 9.17) is 4.74 Å². The van der Waals surface area contributed by atoms with Crippen LogP contribution in [0.3, 0.4) is 0 Å². The van der Waals surface area contributed by atoms with Crippen LogP contribution < -0.4 is 0 Å². The second kappa shape index (κ2) is 16.9. The molecule has 1 unspecified atom stereocenters. The van der Waals surface area contributed by atoms with Gasteiger partial charge in [-0.05, 0) is 68.0 Å². The second-order valence-electron chi connectivity index (χ2n) is 10.9. The number of benzene rings is 1. The maximum Gasteiger partial charge on any atom is 0.314 e. The predicted molar refractivity (Wildman–Crippen MR) is 160 cm³/mol. The Bertz CT molecular complexity index is 994. The van der Waals surface area contributed by atoms with Crippen LogP contribution in [-0.2, 0) is 22.5 Å². The number of carbonyl (C=O) groups excluding carboxylic acids is 2. The van der Waals surface area contributed by atoms with Crippen molar-refractivity contribution < 1.29 is 14.3 Å². The maximum atomic E-state index is 13.7. The summed E-state index contributed by atoms with van der Waals surface area (Å²) >= 11 is 3.47. The molecule has 0 saturated carbocycles. The lowest BCUT2D eigenvalue weighted by molar-refractivity contribution is -0.146. The minimum Gasteiger partial charge on any atom is -0.465 e. The fourth-order valence-electron chi connectivity index (χ4n) is 5.59. The van der Waals surface area contributed by atoms with E-state index in [9.17, 15) is 9.59 Å². The molecule has 3 rings (SSSR count). The molecule has 0 fully saturated rings. The number of aryl methyl sites for hydroxylation is 1. The van der Waals surface area contributed by atoms with Gasteiger partial charge in [0.05, 0.1) is 18.2 Å². The summed E-state index contributed by atoms with van der Waals surface area (Å²) in [5, 5.41) is 0. The van der Waals surface area contributed by atoms with Gasteiger partial charge in [0.1, 0.15) is 0 Å². The van der Waals surface area contributed by atoms with Gasteiger partial charge in [-0.25, -0.2) is 0 Å². The number of fused-ring (bicyclic) bond motifs is 1. The molecule has 0 saturated heterocycles. The first-order valence-corrected chi connectivity index (χ1v) is 16.0. The molecule has 4 nitrogen and oxygen atoms in total. The Morgan fingerprint density at radius 2 is 1.50 bits per heavy atom. The molecule has 2 heterocycles. The molecule has 5 heteroatoms. The SMILES string of the molecule is CCCCCCCCCCCCOC(=O)C1CCCCn2c1cc(CCCC)c2C(=O)c1ccc(Br)cc1. The third kappa shape index (κ3) is 9.10. The van der Waals surface area contributed by atoms with Gasteiger partial charge in [-0.3, -0.25) is 9.59 Å². The molecule has 38 heavy (non-hydrogen) atoms. The zero-order valence-corrected chi connectivity index (χ0v) is 25.3. The number of nitrogens with zero attached hydrogens (tertiary/aromatic N) is 1. The van der Waals surface area contributed by atoms with Crippen LogP contribution in [0.5, 0.6) is 0 Å². The van der Waals surface area contributed by atoms with E-state index in [1.54, 1.807) is 0 Å². The molecule has 210 valence electrons. The van der Waals surface area contributed by atoms with Gasteiger partial charge in [0, 0.05) is 22.3 Å². The monoisotopic (exact) mass is 585 g/mol. The standard InChI is InChI=1S/C33H48BrNO3/c1-3-5-7-8-9-10-11-12-13-16-24-38-33(37)29-18-14-15-23-35-30(29)25-27(17-6-4-2)31(35)32(36)26-19-21-28(34)22-20-26/h19-22,25,29H,3-18,23-24H2,1-2H3. The van der Waals surface area contributed by atoms with Crippen molar-refractivity contribution in [1.29, 1.82) is 0 Å². The second-order valence-corrected chi connectivity index (χ2v) is 11.8. The summed E-state index contributed by atoms with van der Waals surface area (Å²) in [7, 11) is 0. The van der Waals surface area contributed by atoms with Crippen molar-refractivity contribution in [2.45, 2.75) is 129 Å². The van der Waals surface area contributed by atoms with Crippen molar-refractivity contribution in [2.24, 2.45) is 0 Å². The van der Waals surface area contributed by atoms with Crippen LogP contribution in [0.1, 0.15) is 143 Å². The zero-order chi connectivity index (χ0) is 27.2. The molecule has 1 aromatic heterocycles. The number of esters is 1. The van der Waals surface area contributed by atoms with Crippen LogP contribution >= 0.6 is 15.9 Å². The summed E-state index contributed by atoms with van der Waals surface area (Å²) in [6, 6.07) is 9.73. The van der Waals surface area contributed by atoms with Crippen molar-refractivity contribution in [1.82, 2.24) is 4.57 Å². The molecule has 0 aliphatic carbocycles. The number of halogens is 1. The van der Waals surface area contributed by atoms with Crippen molar-refractivity contribution in [3.63, 3.8) is 0 Å². The van der Waals surface area contributed by atoms with Gasteiger partial charge in [-0.1, -0.05) is 100 Å². The highest BCUT2D eigenvalue weighted by atomic mass is 79.9. The van der Waals surface area contributed by atoms with Crippen LogP contribution in [0.25, 0.3) is 0 Å². The molecule has 2 aromatic rings. The minimum absolute atomic E-state index is 0.0502. The first-order valence-electron chi connectivity index (χ1n) is 15.3. The molecule has 1 aliphatic rings. The third-order valence-electron chi connectivity index (χ3n) is 7.84. The van der Waals surface area contributed by atoms with Gasteiger partial charge in [0.25, 0.3) is 0 Å². The number of hydrogen-bond donors (Lipinski definition) is 0. The first kappa shape index (κ1) is 30.7. The Morgan fingerprint density at radius 3 is 2.16 bits per heavy atom. The fourth-order valence-corrected chi connectivity index (χ4v) is 5.85. The number of hydrogen-bond acceptors (Lipinski definition) is 3. The number of unbranched alkanes of at least 4 members (excludes halogenated alkanes) is 10. The summed E-state index contributed by atoms with van der Waals surface area (Å²) in [4.78, 5) is 27.0. The number of rotatable bonds is 17. The van der Waals surface area contributed by atoms with E-state index in [0.717, 1.165) is 79.3 Å². The normalized spacial score (nSPS) is 15.2. The Kier molecular flexibility index (Phi) is 13.7. The van der Waals surface area contributed by atoms with Crippen molar-refractivity contribution in [3.8, 4) is 0 Å². The molecule has 0 N–H and O–H groups in total. The average molecular weight is 587 g/mol. The summed E-state index contributed by atoms with van der Waals surface area (Å²) in [5.74, 6) is -0.354. The van der Waals surface area contributed by atoms with E-state index in [2.05, 4.69) is 40.4 Å². The van der Waals surface area contributed by atoms with E-state index >= 15 is 0 Å². The lowest BCUT2D eigenvalue weighted by Gasteiger charge is -2.16. The predicted octanol–water partition coefficient (Wildman–Crippen LogP) is 9.56. The Balaban J connectivity index is 1.61. The van der Waals surface area contributed by atoms with Crippen molar-refractivity contribution >= 4 is 27.7 Å². The molecule has 0 spiro atoms. The Morgan fingerprint density at radius 1 is 0.868 bits per heavy atom. The average Bonchev–Trinajstić information content (AvgIpc) is 3.15. The summed E-state index contributed by atoms with van der Waals surface area (Å²) < 4.78 is 8.92. The molecule has 0 bridgehead atoms. The number of ether oxygens (including phenoxy) is 1. The minimum atomic E-state index is -0.285. The molecule has 1 aromatic carbocycles. The lowest BCUT2D eigenvalue weighted by atomic mass is 9.98. The van der Waals surface area contributed by atoms with E-state index in [1.165, 1.54) is 51.4 Å². The van der Waals surface area contributed by atoms with Gasteiger partial charge < -0.3 is 9.30 Å². The van der Waals surface area contributed by atoms with Gasteiger partial charge in [0.15, 0.2) is 0 Å². The van der Waals surface area contributed by atoms with Crippen LogP contribution in [0.2, 0.25) is 0 Å². The maximum absolute atomic E-state index is 13.7. The third-order valence-corrected chi connectivity index (χ3v) is 8.37. The van der Waals surface area contributed by atoms with Gasteiger partial charge >= 0.3 is 5.97 Å². The molecular formula is C33H48BrNO3. The highest BCUT2D eigenvalue weighted by Crippen LogP contribution is 2.34. The van der Waals surface area contributed by atoms with E-state index in [-0.39, 0.29) is 17.7 Å². The smallest absolute Gasteiger partial charge is 0.314 e. The Labute approximate surface area is 239 Å². The van der Waals surface area contributed by atoms with Crippen LogP contribution in [0.15, 0.2) is 34.8 Å². The van der Waals surface area contributed by atoms with E-state index in [0.29, 0.717) is 12.2 Å². The number of ketones is 1. The molecular weight excluding hydrogens is 538 g/mol. The van der Waals surface area contributed by atoms with E-state index in [1.807, 2.05) is 24.3 Å². The van der Waals surface area contributed by atoms with Gasteiger partial charge in [0.2, 0.25) is 5.78 Å². The molecule has 0 radical (unpaired) electrons. The molecule has 1 aliphatic heterocycles. The molecule has 1 atom stereocenters.